The number of ether oxygens (including phenoxy) is 1. The summed E-state index contributed by atoms with van der Waals surface area (Å²) in [6.07, 6.45) is 1.52. The molecule has 0 aromatic heterocycles. The molecule has 0 radical (unpaired) electrons. The van der Waals surface area contributed by atoms with E-state index in [0.29, 0.717) is 18.9 Å². The molecule has 0 aliphatic carbocycles. The topological polar surface area (TPSA) is 101 Å². The summed E-state index contributed by atoms with van der Waals surface area (Å²) >= 11 is 0. The van der Waals surface area contributed by atoms with Crippen LogP contribution in [0, 0.1) is 13.8 Å². The van der Waals surface area contributed by atoms with Crippen LogP contribution in [0.2, 0.25) is 0 Å². The van der Waals surface area contributed by atoms with Gasteiger partial charge in [0.05, 0.1) is 29.9 Å². The number of carbonyl (C=O) groups excluding carboxylic acids is 1. The maximum absolute atomic E-state index is 13.5. The molecule has 2 aliphatic heterocycles. The van der Waals surface area contributed by atoms with E-state index in [4.69, 9.17) is 4.74 Å². The Labute approximate surface area is 194 Å². The summed E-state index contributed by atoms with van der Waals surface area (Å²) in [5.41, 5.74) is 2.75. The van der Waals surface area contributed by atoms with E-state index in [1.54, 1.807) is 0 Å². The number of nitrogens with zero attached hydrogens (tertiary/aromatic N) is 2. The lowest BCUT2D eigenvalue weighted by molar-refractivity contribution is 0.0730. The molecule has 0 unspecified atom stereocenters. The average Bonchev–Trinajstić information content (AvgIpc) is 3.13. The Kier molecular flexibility index (Phi) is 6.45. The van der Waals surface area contributed by atoms with Crippen molar-refractivity contribution in [3.63, 3.8) is 0 Å². The average molecular weight is 491 g/mol. The van der Waals surface area contributed by atoms with Gasteiger partial charge in [0.1, 0.15) is 0 Å². The maximum atomic E-state index is 13.5. The van der Waals surface area contributed by atoms with Crippen LogP contribution in [0.1, 0.15) is 21.5 Å². The van der Waals surface area contributed by atoms with Crippen LogP contribution in [0.3, 0.4) is 0 Å². The third kappa shape index (κ3) is 5.03. The van der Waals surface area contributed by atoms with E-state index in [2.05, 4.69) is 0 Å². The lowest BCUT2D eigenvalue weighted by Gasteiger charge is -2.29. The Morgan fingerprint density at radius 1 is 1.03 bits per heavy atom. The van der Waals surface area contributed by atoms with Crippen molar-refractivity contribution < 1.29 is 26.4 Å². The Balaban J connectivity index is 1.67. The minimum absolute atomic E-state index is 0.0993. The molecule has 2 aromatic carbocycles. The predicted molar refractivity (Wildman–Crippen MR) is 125 cm³/mol. The van der Waals surface area contributed by atoms with E-state index in [1.807, 2.05) is 32.0 Å². The molecule has 176 valence electrons. The third-order valence-corrected chi connectivity index (χ3v) is 8.95. The van der Waals surface area contributed by atoms with Gasteiger partial charge in [-0.05, 0) is 67.4 Å². The first kappa shape index (κ1) is 23.6. The largest absolute Gasteiger partial charge is 0.379 e. The Hall–Kier alpha value is -2.53. The molecule has 4 rings (SSSR count). The second-order valence-electron chi connectivity index (χ2n) is 8.29. The molecule has 1 saturated heterocycles. The van der Waals surface area contributed by atoms with E-state index in [9.17, 15) is 21.6 Å². The Morgan fingerprint density at radius 3 is 2.18 bits per heavy atom. The highest BCUT2D eigenvalue weighted by molar-refractivity contribution is 7.94. The summed E-state index contributed by atoms with van der Waals surface area (Å²) < 4.78 is 56.5. The molecular formula is C23H26N2O6S2. The molecule has 0 N–H and O–H groups in total. The summed E-state index contributed by atoms with van der Waals surface area (Å²) in [6.45, 7) is 5.08. The molecule has 1 atom stereocenters. The number of sulfonamides is 1. The minimum Gasteiger partial charge on any atom is -0.379 e. The van der Waals surface area contributed by atoms with Crippen LogP contribution in [0.25, 0.3) is 0 Å². The van der Waals surface area contributed by atoms with Crippen LogP contribution in [0.4, 0.5) is 5.69 Å². The molecule has 1 amide bonds. The highest BCUT2D eigenvalue weighted by Gasteiger charge is 2.33. The van der Waals surface area contributed by atoms with Gasteiger partial charge in [0.15, 0.2) is 9.84 Å². The quantitative estimate of drug-likeness (QED) is 0.637. The maximum Gasteiger partial charge on any atom is 0.258 e. The molecule has 10 heteroatoms. The van der Waals surface area contributed by atoms with E-state index in [-0.39, 0.29) is 29.3 Å². The molecule has 1 fully saturated rings. The summed E-state index contributed by atoms with van der Waals surface area (Å²) in [5, 5.41) is 1.14. The number of benzene rings is 2. The fourth-order valence-electron chi connectivity index (χ4n) is 4.11. The summed E-state index contributed by atoms with van der Waals surface area (Å²) in [4.78, 5) is 15.1. The number of morpholine rings is 1. The number of amides is 1. The van der Waals surface area contributed by atoms with Gasteiger partial charge >= 0.3 is 0 Å². The van der Waals surface area contributed by atoms with Gasteiger partial charge in [0.25, 0.3) is 5.91 Å². The summed E-state index contributed by atoms with van der Waals surface area (Å²) in [5.74, 6) is -0.600. The first-order chi connectivity index (χ1) is 15.6. The number of carbonyl (C=O) groups is 1. The molecule has 0 spiro atoms. The fraction of sp³-hybridized carbons (Fsp3) is 0.348. The van der Waals surface area contributed by atoms with Gasteiger partial charge in [0.2, 0.25) is 10.0 Å². The van der Waals surface area contributed by atoms with Crippen molar-refractivity contribution >= 4 is 31.5 Å². The lowest BCUT2D eigenvalue weighted by Crippen LogP contribution is -2.41. The first-order valence-corrected chi connectivity index (χ1v) is 13.7. The number of anilines is 1. The number of aryl methyl sites for hydroxylation is 2. The van der Waals surface area contributed by atoms with Crippen molar-refractivity contribution in [3.8, 4) is 0 Å². The summed E-state index contributed by atoms with van der Waals surface area (Å²) in [6, 6.07) is 10.8. The van der Waals surface area contributed by atoms with Crippen molar-refractivity contribution in [1.82, 2.24) is 4.31 Å². The Bertz CT molecular complexity index is 1270. The molecule has 0 saturated carbocycles. The molecule has 2 heterocycles. The van der Waals surface area contributed by atoms with Crippen molar-refractivity contribution in [2.45, 2.75) is 24.8 Å². The second kappa shape index (κ2) is 9.02. The molecule has 8 nitrogen and oxygen atoms in total. The molecule has 0 bridgehead atoms. The zero-order chi connectivity index (χ0) is 23.8. The van der Waals surface area contributed by atoms with E-state index < -0.39 is 31.8 Å². The van der Waals surface area contributed by atoms with Crippen LogP contribution in [0.15, 0.2) is 58.8 Å². The molecule has 2 aliphatic rings. The lowest BCUT2D eigenvalue weighted by atomic mass is 10.1. The molecule has 33 heavy (non-hydrogen) atoms. The van der Waals surface area contributed by atoms with Crippen molar-refractivity contribution in [1.29, 1.82) is 0 Å². The van der Waals surface area contributed by atoms with Gasteiger partial charge in [-0.1, -0.05) is 6.07 Å². The van der Waals surface area contributed by atoms with Crippen LogP contribution < -0.4 is 4.90 Å². The van der Waals surface area contributed by atoms with Gasteiger partial charge < -0.3 is 9.64 Å². The van der Waals surface area contributed by atoms with Crippen LogP contribution in [-0.4, -0.2) is 65.1 Å². The van der Waals surface area contributed by atoms with E-state index in [0.717, 1.165) is 16.5 Å². The van der Waals surface area contributed by atoms with Crippen molar-refractivity contribution in [3.05, 3.63) is 70.6 Å². The van der Waals surface area contributed by atoms with Crippen LogP contribution in [0.5, 0.6) is 0 Å². The zero-order valence-corrected chi connectivity index (χ0v) is 20.1. The highest BCUT2D eigenvalue weighted by Crippen LogP contribution is 2.28. The smallest absolute Gasteiger partial charge is 0.258 e. The van der Waals surface area contributed by atoms with E-state index in [1.165, 1.54) is 39.5 Å². The normalized spacial score (nSPS) is 20.6. The number of sulfone groups is 1. The van der Waals surface area contributed by atoms with Crippen molar-refractivity contribution in [2.24, 2.45) is 0 Å². The number of hydrogen-bond donors (Lipinski definition) is 0. The minimum atomic E-state index is -3.68. The third-order valence-electron chi connectivity index (χ3n) is 5.66. The fourth-order valence-corrected chi connectivity index (χ4v) is 6.79. The molecular weight excluding hydrogens is 464 g/mol. The predicted octanol–water partition coefficient (Wildman–Crippen LogP) is 2.28. The SMILES string of the molecule is Cc1cc(C)cc(N(C(=O)c2ccc(S(=O)(=O)N3CCOCC3)cc2)[C@@H]2C=CS(=O)(=O)C2)c1. The van der Waals surface area contributed by atoms with E-state index >= 15 is 0 Å². The van der Waals surface area contributed by atoms with Gasteiger partial charge in [0, 0.05) is 29.7 Å². The Morgan fingerprint density at radius 2 is 1.64 bits per heavy atom. The number of rotatable bonds is 5. The van der Waals surface area contributed by atoms with Gasteiger partial charge in [-0.15, -0.1) is 0 Å². The van der Waals surface area contributed by atoms with Crippen LogP contribution in [-0.2, 0) is 24.6 Å². The van der Waals surface area contributed by atoms with Gasteiger partial charge in [-0.25, -0.2) is 16.8 Å². The number of hydrogen-bond acceptors (Lipinski definition) is 6. The molecule has 2 aromatic rings. The standard InChI is InChI=1S/C23H26N2O6S2/c1-17-13-18(2)15-21(14-17)25(20-7-12-32(27,28)16-20)23(26)19-3-5-22(6-4-19)33(29,30)24-8-10-31-11-9-24/h3-7,12-15,20H,8-11,16H2,1-2H3/t20-/m1/s1. The zero-order valence-electron chi connectivity index (χ0n) is 18.5. The monoisotopic (exact) mass is 490 g/mol. The first-order valence-electron chi connectivity index (χ1n) is 10.6. The van der Waals surface area contributed by atoms with Crippen molar-refractivity contribution in [2.75, 3.05) is 37.0 Å². The van der Waals surface area contributed by atoms with Crippen LogP contribution >= 0.6 is 0 Å². The second-order valence-corrected chi connectivity index (χ2v) is 12.2. The highest BCUT2D eigenvalue weighted by atomic mass is 32.2. The summed E-state index contributed by atoms with van der Waals surface area (Å²) in [7, 11) is -7.07. The van der Waals surface area contributed by atoms with Gasteiger partial charge in [-0.3, -0.25) is 4.79 Å². The van der Waals surface area contributed by atoms with Gasteiger partial charge in [-0.2, -0.15) is 4.31 Å².